The van der Waals surface area contributed by atoms with Gasteiger partial charge >= 0.3 is 5.00 Å². The third-order valence-electron chi connectivity index (χ3n) is 4.09. The van der Waals surface area contributed by atoms with Gasteiger partial charge in [-0.3, -0.25) is 24.3 Å². The lowest BCUT2D eigenvalue weighted by molar-refractivity contribution is -0.380. The second-order valence-corrected chi connectivity index (χ2v) is 8.05. The molecule has 4 rings (SSSR count). The lowest BCUT2D eigenvalue weighted by Gasteiger charge is -2.13. The number of fused-ring (bicyclic) bond motifs is 1. The number of halogens is 1. The monoisotopic (exact) mass is 457 g/mol. The number of para-hydroxylation sites is 2. The van der Waals surface area contributed by atoms with Crippen molar-refractivity contribution in [1.29, 1.82) is 0 Å². The van der Waals surface area contributed by atoms with E-state index < -0.39 is 22.2 Å². The summed E-state index contributed by atoms with van der Waals surface area (Å²) in [4.78, 5) is 43.7. The molecule has 2 aromatic heterocycles. The lowest BCUT2D eigenvalue weighted by Crippen LogP contribution is -2.23. The second-order valence-electron chi connectivity index (χ2n) is 6.10. The first-order valence-electron chi connectivity index (χ1n) is 8.73. The van der Waals surface area contributed by atoms with Crippen LogP contribution in [0.15, 0.2) is 64.7 Å². The molecule has 0 saturated carbocycles. The fourth-order valence-corrected chi connectivity index (χ4v) is 4.20. The van der Waals surface area contributed by atoms with Crippen LogP contribution < -0.4 is 10.9 Å². The summed E-state index contributed by atoms with van der Waals surface area (Å²) in [7, 11) is 0. The number of amides is 1. The van der Waals surface area contributed by atoms with Crippen LogP contribution in [0, 0.1) is 15.9 Å². The minimum Gasteiger partial charge on any atom is -0.301 e. The summed E-state index contributed by atoms with van der Waals surface area (Å²) in [5.74, 6) is -1.29. The zero-order valence-electron chi connectivity index (χ0n) is 15.5. The molecule has 0 aliphatic carbocycles. The van der Waals surface area contributed by atoms with Gasteiger partial charge in [-0.05, 0) is 35.6 Å². The standard InChI is InChI=1S/C19H12FN5O4S2/c20-12-6-2-4-8-14(12)24-17(27)11-5-1-3-7-13(11)22-19(24)30-10-15(26)23-18-21-9-16(31-18)25(28)29/h1-9H,10H2,(H,21,23,26). The molecule has 0 aliphatic heterocycles. The van der Waals surface area contributed by atoms with E-state index in [0.717, 1.165) is 33.9 Å². The Kier molecular flexibility index (Phi) is 5.73. The molecular formula is C19H12FN5O4S2. The second kappa shape index (κ2) is 8.62. The molecule has 0 radical (unpaired) electrons. The molecule has 0 spiro atoms. The Morgan fingerprint density at radius 3 is 2.71 bits per heavy atom. The summed E-state index contributed by atoms with van der Waals surface area (Å²) in [6.45, 7) is 0. The van der Waals surface area contributed by atoms with E-state index in [1.807, 2.05) is 0 Å². The highest BCUT2D eigenvalue weighted by molar-refractivity contribution is 7.99. The van der Waals surface area contributed by atoms with Gasteiger partial charge in [-0.1, -0.05) is 36.0 Å². The Morgan fingerprint density at radius 1 is 1.23 bits per heavy atom. The Bertz CT molecular complexity index is 1370. The largest absolute Gasteiger partial charge is 0.345 e. The molecule has 31 heavy (non-hydrogen) atoms. The van der Waals surface area contributed by atoms with E-state index in [0.29, 0.717) is 10.9 Å². The van der Waals surface area contributed by atoms with E-state index in [1.54, 1.807) is 30.3 Å². The summed E-state index contributed by atoms with van der Waals surface area (Å²) in [6, 6.07) is 12.4. The number of hydrogen-bond donors (Lipinski definition) is 1. The minimum atomic E-state index is -0.608. The normalized spacial score (nSPS) is 10.9. The van der Waals surface area contributed by atoms with E-state index in [2.05, 4.69) is 15.3 Å². The van der Waals surface area contributed by atoms with Gasteiger partial charge in [0.25, 0.3) is 5.56 Å². The maximum Gasteiger partial charge on any atom is 0.345 e. The van der Waals surface area contributed by atoms with Crippen LogP contribution in [0.5, 0.6) is 0 Å². The summed E-state index contributed by atoms with van der Waals surface area (Å²) >= 11 is 1.66. The molecule has 1 N–H and O–H groups in total. The summed E-state index contributed by atoms with van der Waals surface area (Å²) in [5, 5.41) is 13.5. The molecule has 156 valence electrons. The molecule has 1 amide bonds. The van der Waals surface area contributed by atoms with E-state index in [-0.39, 0.29) is 26.7 Å². The van der Waals surface area contributed by atoms with Gasteiger partial charge in [0, 0.05) is 0 Å². The highest BCUT2D eigenvalue weighted by Crippen LogP contribution is 2.26. The average Bonchev–Trinajstić information content (AvgIpc) is 3.22. The van der Waals surface area contributed by atoms with Gasteiger partial charge in [0.05, 0.1) is 27.3 Å². The molecule has 4 aromatic rings. The quantitative estimate of drug-likeness (QED) is 0.203. The van der Waals surface area contributed by atoms with E-state index >= 15 is 0 Å². The number of nitrogens with one attached hydrogen (secondary N) is 1. The topological polar surface area (TPSA) is 120 Å². The smallest absolute Gasteiger partial charge is 0.301 e. The zero-order chi connectivity index (χ0) is 22.0. The van der Waals surface area contributed by atoms with Crippen LogP contribution in [-0.4, -0.2) is 31.1 Å². The molecule has 12 heteroatoms. The molecule has 2 aromatic carbocycles. The first-order chi connectivity index (χ1) is 14.9. The Labute approximate surface area is 181 Å². The van der Waals surface area contributed by atoms with Crippen LogP contribution in [0.25, 0.3) is 16.6 Å². The molecule has 0 atom stereocenters. The maximum atomic E-state index is 14.5. The minimum absolute atomic E-state index is 0.0178. The number of thiazole rings is 1. The van der Waals surface area contributed by atoms with Crippen LogP contribution in [0.2, 0.25) is 0 Å². The van der Waals surface area contributed by atoms with Crippen LogP contribution in [0.1, 0.15) is 0 Å². The van der Waals surface area contributed by atoms with E-state index in [9.17, 15) is 24.1 Å². The predicted molar refractivity (Wildman–Crippen MR) is 115 cm³/mol. The highest BCUT2D eigenvalue weighted by Gasteiger charge is 2.18. The van der Waals surface area contributed by atoms with Gasteiger partial charge in [0.15, 0.2) is 10.3 Å². The van der Waals surface area contributed by atoms with Gasteiger partial charge in [-0.15, -0.1) is 0 Å². The highest BCUT2D eigenvalue weighted by atomic mass is 32.2. The first-order valence-corrected chi connectivity index (χ1v) is 10.5. The van der Waals surface area contributed by atoms with Crippen LogP contribution >= 0.6 is 23.1 Å². The number of aromatic nitrogens is 3. The molecular weight excluding hydrogens is 445 g/mol. The van der Waals surface area contributed by atoms with Crippen molar-refractivity contribution in [3.63, 3.8) is 0 Å². The number of rotatable bonds is 6. The van der Waals surface area contributed by atoms with Crippen molar-refractivity contribution in [3.05, 3.63) is 81.0 Å². The van der Waals surface area contributed by atoms with Gasteiger partial charge < -0.3 is 5.32 Å². The number of carbonyl (C=O) groups is 1. The third kappa shape index (κ3) is 4.29. The number of hydrogen-bond acceptors (Lipinski definition) is 8. The molecule has 2 heterocycles. The third-order valence-corrected chi connectivity index (χ3v) is 5.89. The van der Waals surface area contributed by atoms with Crippen LogP contribution in [0.3, 0.4) is 0 Å². The van der Waals surface area contributed by atoms with Crippen molar-refractivity contribution < 1.29 is 14.1 Å². The molecule has 0 saturated heterocycles. The van der Waals surface area contributed by atoms with E-state index in [4.69, 9.17) is 0 Å². The maximum absolute atomic E-state index is 14.5. The fourth-order valence-electron chi connectivity index (χ4n) is 2.75. The number of nitrogens with zero attached hydrogens (tertiary/aromatic N) is 4. The summed E-state index contributed by atoms with van der Waals surface area (Å²) in [5.41, 5.74) is -0.0306. The molecule has 0 bridgehead atoms. The lowest BCUT2D eigenvalue weighted by atomic mass is 10.2. The van der Waals surface area contributed by atoms with Crippen molar-refractivity contribution in [2.45, 2.75) is 5.16 Å². The summed E-state index contributed by atoms with van der Waals surface area (Å²) < 4.78 is 15.6. The van der Waals surface area contributed by atoms with Crippen molar-refractivity contribution in [1.82, 2.24) is 14.5 Å². The Morgan fingerprint density at radius 2 is 1.97 bits per heavy atom. The Hall–Kier alpha value is -3.64. The molecule has 0 unspecified atom stereocenters. The van der Waals surface area contributed by atoms with Gasteiger partial charge in [0.1, 0.15) is 12.0 Å². The van der Waals surface area contributed by atoms with Crippen molar-refractivity contribution in [2.75, 3.05) is 11.1 Å². The fraction of sp³-hybridized carbons (Fsp3) is 0.0526. The molecule has 0 fully saturated rings. The van der Waals surface area contributed by atoms with Gasteiger partial charge in [-0.25, -0.2) is 14.4 Å². The number of thioether (sulfide) groups is 1. The van der Waals surface area contributed by atoms with Crippen LogP contribution in [-0.2, 0) is 4.79 Å². The number of benzene rings is 2. The summed E-state index contributed by atoms with van der Waals surface area (Å²) in [6.07, 6.45) is 1.05. The van der Waals surface area contributed by atoms with Crippen molar-refractivity contribution >= 4 is 50.0 Å². The van der Waals surface area contributed by atoms with Crippen molar-refractivity contribution in [2.24, 2.45) is 0 Å². The predicted octanol–water partition coefficient (Wildman–Crippen LogP) is 3.62. The first kappa shape index (κ1) is 20.6. The molecule has 0 aliphatic rings. The van der Waals surface area contributed by atoms with Crippen LogP contribution in [0.4, 0.5) is 14.5 Å². The zero-order valence-corrected chi connectivity index (χ0v) is 17.2. The number of nitro groups is 1. The Balaban J connectivity index is 1.65. The molecule has 9 nitrogen and oxygen atoms in total. The van der Waals surface area contributed by atoms with Crippen molar-refractivity contribution in [3.8, 4) is 5.69 Å². The number of carbonyl (C=O) groups excluding carboxylic acids is 1. The number of anilines is 1. The average molecular weight is 457 g/mol. The SMILES string of the molecule is O=C(CSc1nc2ccccc2c(=O)n1-c1ccccc1F)Nc1ncc([N+](=O)[O-])s1. The van der Waals surface area contributed by atoms with Gasteiger partial charge in [0.2, 0.25) is 5.91 Å². The van der Waals surface area contributed by atoms with E-state index in [1.165, 1.54) is 18.2 Å². The van der Waals surface area contributed by atoms with Gasteiger partial charge in [-0.2, -0.15) is 0 Å².